The van der Waals surface area contributed by atoms with Crippen molar-refractivity contribution in [1.82, 2.24) is 4.98 Å². The van der Waals surface area contributed by atoms with E-state index in [1.165, 1.54) is 0 Å². The number of hydrogen-bond acceptors (Lipinski definition) is 2. The van der Waals surface area contributed by atoms with Crippen LogP contribution in [0.15, 0.2) is 24.5 Å². The fraction of sp³-hybridized carbons (Fsp3) is 0.417. The largest absolute Gasteiger partial charge is 0.305 e. The molecule has 2 rings (SSSR count). The Hall–Kier alpha value is -1.69. The van der Waals surface area contributed by atoms with Gasteiger partial charge in [-0.2, -0.15) is 0 Å². The van der Waals surface area contributed by atoms with E-state index in [0.29, 0.717) is 25.7 Å². The van der Waals surface area contributed by atoms with Gasteiger partial charge in [-0.15, -0.1) is 0 Å². The van der Waals surface area contributed by atoms with E-state index >= 15 is 0 Å². The number of carbonyl (C=O) groups is 1. The van der Waals surface area contributed by atoms with Crippen LogP contribution in [0.5, 0.6) is 0 Å². The second-order valence-corrected chi connectivity index (χ2v) is 3.92. The predicted molar refractivity (Wildman–Crippen MR) is 56.0 cm³/mol. The summed E-state index contributed by atoms with van der Waals surface area (Å²) in [6.45, 7) is 7.33. The molecule has 0 atom stereocenters. The average Bonchev–Trinajstić information content (AvgIpc) is 2.32. The van der Waals surface area contributed by atoms with Gasteiger partial charge in [-0.1, -0.05) is 0 Å². The summed E-state index contributed by atoms with van der Waals surface area (Å²) in [4.78, 5) is 19.0. The number of hydrogen-bond donors (Lipinski definition) is 0. The van der Waals surface area contributed by atoms with E-state index in [1.807, 2.05) is 12.1 Å². The smallest absolute Gasteiger partial charge is 0.259 e. The van der Waals surface area contributed by atoms with Crippen molar-refractivity contribution >= 4 is 5.78 Å². The minimum absolute atomic E-state index is 0.276. The minimum Gasteiger partial charge on any atom is -0.305 e. The molecule has 0 saturated heterocycles. The monoisotopic (exact) mass is 200 g/mol. The lowest BCUT2D eigenvalue weighted by atomic mass is 9.77. The number of rotatable bonds is 1. The van der Waals surface area contributed by atoms with Crippen LogP contribution in [0.1, 0.15) is 31.2 Å². The maximum absolute atomic E-state index is 11.2. The molecule has 0 bridgehead atoms. The zero-order valence-corrected chi connectivity index (χ0v) is 8.44. The molecule has 0 aliphatic heterocycles. The van der Waals surface area contributed by atoms with Crippen LogP contribution in [-0.4, -0.2) is 10.8 Å². The quantitative estimate of drug-likeness (QED) is 0.652. The minimum atomic E-state index is -0.498. The van der Waals surface area contributed by atoms with Gasteiger partial charge in [-0.25, -0.2) is 6.57 Å². The van der Waals surface area contributed by atoms with Crippen LogP contribution in [0.25, 0.3) is 4.85 Å². The molecule has 1 heterocycles. The third-order valence-corrected chi connectivity index (χ3v) is 3.05. The van der Waals surface area contributed by atoms with Crippen LogP contribution in [-0.2, 0) is 10.3 Å². The molecule has 76 valence electrons. The van der Waals surface area contributed by atoms with Gasteiger partial charge in [0, 0.05) is 38.1 Å². The molecule has 0 aromatic carbocycles. The highest BCUT2D eigenvalue weighted by Crippen LogP contribution is 2.39. The van der Waals surface area contributed by atoms with E-state index in [4.69, 9.17) is 6.57 Å². The second kappa shape index (κ2) is 3.82. The Morgan fingerprint density at radius 3 is 2.67 bits per heavy atom. The molecular weight excluding hydrogens is 188 g/mol. The number of aromatic nitrogens is 1. The number of pyridine rings is 1. The Kier molecular flexibility index (Phi) is 2.51. The molecular formula is C12H12N2O. The van der Waals surface area contributed by atoms with Crippen LogP contribution >= 0.6 is 0 Å². The number of Topliss-reactive ketones (excluding diaryl/α,β-unsaturated/α-hetero) is 1. The number of carbonyl (C=O) groups excluding carboxylic acids is 1. The van der Waals surface area contributed by atoms with Gasteiger partial charge in [0.15, 0.2) is 0 Å². The molecule has 3 heteroatoms. The zero-order valence-electron chi connectivity index (χ0n) is 8.44. The first-order valence-electron chi connectivity index (χ1n) is 5.08. The Labute approximate surface area is 89.0 Å². The lowest BCUT2D eigenvalue weighted by molar-refractivity contribution is -0.121. The molecule has 0 N–H and O–H groups in total. The van der Waals surface area contributed by atoms with E-state index in [2.05, 4.69) is 9.83 Å². The normalized spacial score (nSPS) is 19.5. The van der Waals surface area contributed by atoms with Gasteiger partial charge in [0.2, 0.25) is 0 Å². The molecule has 1 aromatic heterocycles. The van der Waals surface area contributed by atoms with Crippen molar-refractivity contribution in [2.75, 3.05) is 0 Å². The summed E-state index contributed by atoms with van der Waals surface area (Å²) < 4.78 is 0. The summed E-state index contributed by atoms with van der Waals surface area (Å²) in [5.74, 6) is 0.276. The Balaban J connectivity index is 2.32. The van der Waals surface area contributed by atoms with Gasteiger partial charge in [-0.3, -0.25) is 9.78 Å². The lowest BCUT2D eigenvalue weighted by Gasteiger charge is -2.25. The molecule has 0 amide bonds. The van der Waals surface area contributed by atoms with Crippen molar-refractivity contribution in [1.29, 1.82) is 0 Å². The van der Waals surface area contributed by atoms with Gasteiger partial charge in [0.05, 0.1) is 5.56 Å². The van der Waals surface area contributed by atoms with Gasteiger partial charge >= 0.3 is 0 Å². The molecule has 1 saturated carbocycles. The van der Waals surface area contributed by atoms with E-state index in [9.17, 15) is 4.79 Å². The van der Waals surface area contributed by atoms with E-state index in [0.717, 1.165) is 5.56 Å². The average molecular weight is 200 g/mol. The van der Waals surface area contributed by atoms with Crippen molar-refractivity contribution < 1.29 is 4.79 Å². The molecule has 1 aromatic rings. The first-order valence-corrected chi connectivity index (χ1v) is 5.08. The van der Waals surface area contributed by atoms with Crippen LogP contribution < -0.4 is 0 Å². The SMILES string of the molecule is [C-]#[N+]C1(c2cccnc2)CCC(=O)CC1. The zero-order chi connectivity index (χ0) is 10.7. The molecule has 1 aliphatic carbocycles. The fourth-order valence-corrected chi connectivity index (χ4v) is 2.05. The fourth-order valence-electron chi connectivity index (χ4n) is 2.05. The van der Waals surface area contributed by atoms with Crippen molar-refractivity contribution in [2.45, 2.75) is 31.2 Å². The standard InChI is InChI=1S/C12H12N2O/c1-13-12(6-4-11(15)5-7-12)10-3-2-8-14-9-10/h2-3,8-9H,4-7H2. The Morgan fingerprint density at radius 1 is 1.40 bits per heavy atom. The summed E-state index contributed by atoms with van der Waals surface area (Å²) in [5, 5.41) is 0. The van der Waals surface area contributed by atoms with Crippen molar-refractivity contribution in [3.63, 3.8) is 0 Å². The second-order valence-electron chi connectivity index (χ2n) is 3.92. The Bertz CT molecular complexity index is 395. The first kappa shape index (κ1) is 9.85. The van der Waals surface area contributed by atoms with Gasteiger partial charge in [0.1, 0.15) is 5.78 Å². The molecule has 1 aliphatic rings. The molecule has 0 unspecified atom stereocenters. The van der Waals surface area contributed by atoms with Gasteiger partial charge in [-0.05, 0) is 12.1 Å². The Morgan fingerprint density at radius 2 is 2.13 bits per heavy atom. The van der Waals surface area contributed by atoms with Crippen molar-refractivity contribution in [3.05, 3.63) is 41.5 Å². The molecule has 1 fully saturated rings. The van der Waals surface area contributed by atoms with Crippen LogP contribution in [0.4, 0.5) is 0 Å². The number of nitrogens with zero attached hydrogens (tertiary/aromatic N) is 2. The highest BCUT2D eigenvalue weighted by molar-refractivity contribution is 5.79. The summed E-state index contributed by atoms with van der Waals surface area (Å²) in [7, 11) is 0. The van der Waals surface area contributed by atoms with E-state index in [-0.39, 0.29) is 5.78 Å². The van der Waals surface area contributed by atoms with E-state index < -0.39 is 5.54 Å². The van der Waals surface area contributed by atoms with Crippen LogP contribution in [0.2, 0.25) is 0 Å². The third kappa shape index (κ3) is 1.75. The molecule has 0 radical (unpaired) electrons. The summed E-state index contributed by atoms with van der Waals surface area (Å²) in [6.07, 6.45) is 5.78. The number of ketones is 1. The molecule has 15 heavy (non-hydrogen) atoms. The summed E-state index contributed by atoms with van der Waals surface area (Å²) in [6, 6.07) is 3.78. The van der Waals surface area contributed by atoms with E-state index in [1.54, 1.807) is 12.4 Å². The molecule has 3 nitrogen and oxygen atoms in total. The predicted octanol–water partition coefficient (Wildman–Crippen LogP) is 2.34. The molecule has 0 spiro atoms. The maximum atomic E-state index is 11.2. The summed E-state index contributed by atoms with van der Waals surface area (Å²) >= 11 is 0. The third-order valence-electron chi connectivity index (χ3n) is 3.05. The highest BCUT2D eigenvalue weighted by atomic mass is 16.1. The topological polar surface area (TPSA) is 34.3 Å². The van der Waals surface area contributed by atoms with Crippen LogP contribution in [0.3, 0.4) is 0 Å². The van der Waals surface area contributed by atoms with Gasteiger partial charge < -0.3 is 4.85 Å². The maximum Gasteiger partial charge on any atom is 0.259 e. The lowest BCUT2D eigenvalue weighted by Crippen LogP contribution is -2.28. The van der Waals surface area contributed by atoms with Crippen molar-refractivity contribution in [3.8, 4) is 0 Å². The first-order chi connectivity index (χ1) is 7.27. The van der Waals surface area contributed by atoms with Gasteiger partial charge in [0.25, 0.3) is 5.54 Å². The van der Waals surface area contributed by atoms with Crippen LogP contribution in [0, 0.1) is 6.57 Å². The summed E-state index contributed by atoms with van der Waals surface area (Å²) in [5.41, 5.74) is 0.454. The highest BCUT2D eigenvalue weighted by Gasteiger charge is 2.42. The van der Waals surface area contributed by atoms with Crippen molar-refractivity contribution in [2.24, 2.45) is 0 Å².